The number of nitrogens with one attached hydrogen (secondary N) is 2. The largest absolute Gasteiger partial charge is 0.405 e. The monoisotopic (exact) mass is 380 g/mol. The first-order valence-corrected chi connectivity index (χ1v) is 8.91. The number of amides is 1. The third-order valence-corrected chi connectivity index (χ3v) is 5.19. The number of carbonyl (C=O) groups excluding carboxylic acids is 1. The molecule has 0 unspecified atom stereocenters. The molecule has 0 spiro atoms. The van der Waals surface area contributed by atoms with E-state index in [0.29, 0.717) is 0 Å². The second-order valence-corrected chi connectivity index (χ2v) is 7.07. The van der Waals surface area contributed by atoms with Gasteiger partial charge in [0.15, 0.2) is 0 Å². The number of aromatic amines is 1. The van der Waals surface area contributed by atoms with Crippen LogP contribution in [0.1, 0.15) is 43.7 Å². The Labute approximate surface area is 152 Å². The Morgan fingerprint density at radius 2 is 2.07 bits per heavy atom. The maximum atomic E-state index is 12.2. The van der Waals surface area contributed by atoms with Crippen molar-refractivity contribution in [2.24, 2.45) is 5.92 Å². The summed E-state index contributed by atoms with van der Waals surface area (Å²) in [7, 11) is 0. The van der Waals surface area contributed by atoms with Crippen molar-refractivity contribution < 1.29 is 18.0 Å². The van der Waals surface area contributed by atoms with E-state index in [1.54, 1.807) is 10.8 Å². The Hall–Kier alpha value is -2.65. The highest BCUT2D eigenvalue weighted by Crippen LogP contribution is 2.38. The first-order valence-electron chi connectivity index (χ1n) is 8.91. The molecule has 3 heterocycles. The number of hydrogen-bond donors (Lipinski definition) is 2. The lowest BCUT2D eigenvalue weighted by Gasteiger charge is -2.27. The van der Waals surface area contributed by atoms with Gasteiger partial charge in [-0.3, -0.25) is 4.79 Å². The second-order valence-electron chi connectivity index (χ2n) is 7.07. The van der Waals surface area contributed by atoms with Gasteiger partial charge in [0.05, 0.1) is 5.69 Å². The number of halogens is 3. The summed E-state index contributed by atoms with van der Waals surface area (Å²) in [6.45, 7) is -1.27. The van der Waals surface area contributed by atoms with E-state index in [9.17, 15) is 18.0 Å². The van der Waals surface area contributed by atoms with Crippen LogP contribution in [0.15, 0.2) is 18.6 Å². The molecule has 1 aliphatic rings. The predicted octanol–water partition coefficient (Wildman–Crippen LogP) is 2.95. The molecule has 1 fully saturated rings. The summed E-state index contributed by atoms with van der Waals surface area (Å²) >= 11 is 0. The maximum Gasteiger partial charge on any atom is 0.405 e. The van der Waals surface area contributed by atoms with E-state index >= 15 is 0 Å². The van der Waals surface area contributed by atoms with Gasteiger partial charge in [0, 0.05) is 23.9 Å². The molecule has 144 valence electrons. The normalized spacial score (nSPS) is 21.0. The van der Waals surface area contributed by atoms with Crippen molar-refractivity contribution in [3.63, 3.8) is 0 Å². The molecule has 1 amide bonds. The summed E-state index contributed by atoms with van der Waals surface area (Å²) in [6.07, 6.45) is 2.44. The third kappa shape index (κ3) is 3.74. The van der Waals surface area contributed by atoms with Crippen LogP contribution in [0.2, 0.25) is 0 Å². The number of hydrogen-bond acceptors (Lipinski definition) is 4. The van der Waals surface area contributed by atoms with Crippen molar-refractivity contribution in [1.82, 2.24) is 30.1 Å². The van der Waals surface area contributed by atoms with Gasteiger partial charge in [-0.1, -0.05) is 5.21 Å². The molecule has 10 heteroatoms. The highest BCUT2D eigenvalue weighted by Gasteiger charge is 2.30. The van der Waals surface area contributed by atoms with Crippen molar-refractivity contribution in [2.45, 2.75) is 44.2 Å². The molecule has 3 aromatic heterocycles. The fourth-order valence-corrected chi connectivity index (χ4v) is 3.87. The highest BCUT2D eigenvalue weighted by atomic mass is 19.4. The quantitative estimate of drug-likeness (QED) is 0.728. The second kappa shape index (κ2) is 6.82. The maximum absolute atomic E-state index is 12.2. The van der Waals surface area contributed by atoms with Gasteiger partial charge >= 0.3 is 6.18 Å². The van der Waals surface area contributed by atoms with Crippen molar-refractivity contribution in [3.8, 4) is 0 Å². The third-order valence-electron chi connectivity index (χ3n) is 5.19. The minimum Gasteiger partial charge on any atom is -0.347 e. The molecule has 1 saturated carbocycles. The zero-order valence-electron chi connectivity index (χ0n) is 14.5. The minimum absolute atomic E-state index is 0.102. The number of fused-ring (bicyclic) bond motifs is 3. The number of carbonyl (C=O) groups is 1. The van der Waals surface area contributed by atoms with Crippen LogP contribution in [0.4, 0.5) is 13.2 Å². The number of H-pyrrole nitrogens is 1. The molecule has 0 bridgehead atoms. The van der Waals surface area contributed by atoms with E-state index in [1.165, 1.54) is 0 Å². The topological polar surface area (TPSA) is 88.0 Å². The predicted molar refractivity (Wildman–Crippen MR) is 91.0 cm³/mol. The first kappa shape index (κ1) is 17.7. The van der Waals surface area contributed by atoms with Gasteiger partial charge in [0.1, 0.15) is 24.0 Å². The number of aromatic nitrogens is 5. The molecule has 0 radical (unpaired) electrons. The molecule has 0 aromatic carbocycles. The Morgan fingerprint density at radius 3 is 2.81 bits per heavy atom. The molecule has 0 aliphatic heterocycles. The van der Waals surface area contributed by atoms with Crippen LogP contribution in [0, 0.1) is 5.92 Å². The molecular formula is C17H19F3N6O. The lowest BCUT2D eigenvalue weighted by atomic mass is 9.79. The first-order chi connectivity index (χ1) is 12.9. The Kier molecular flexibility index (Phi) is 4.48. The van der Waals surface area contributed by atoms with Gasteiger partial charge in [-0.15, -0.1) is 5.10 Å². The summed E-state index contributed by atoms with van der Waals surface area (Å²) in [5.41, 5.74) is 2.63. The van der Waals surface area contributed by atoms with E-state index in [-0.39, 0.29) is 18.3 Å². The molecule has 0 atom stereocenters. The SMILES string of the molecule is O=C(CC1CCC(c2nnn3cnc4[nH]ccc4c23)CC1)NCC(F)(F)F. The van der Waals surface area contributed by atoms with Crippen LogP contribution in [0.5, 0.6) is 0 Å². The van der Waals surface area contributed by atoms with Gasteiger partial charge in [-0.25, -0.2) is 9.50 Å². The van der Waals surface area contributed by atoms with Gasteiger partial charge in [-0.05, 0) is 37.7 Å². The molecule has 27 heavy (non-hydrogen) atoms. The molecule has 2 N–H and O–H groups in total. The molecule has 4 rings (SSSR count). The Morgan fingerprint density at radius 1 is 1.30 bits per heavy atom. The average Bonchev–Trinajstić information content (AvgIpc) is 3.26. The van der Waals surface area contributed by atoms with Gasteiger partial charge in [0.2, 0.25) is 5.91 Å². The summed E-state index contributed by atoms with van der Waals surface area (Å²) < 4.78 is 38.2. The summed E-state index contributed by atoms with van der Waals surface area (Å²) in [5.74, 6) is -0.215. The molecule has 1 aliphatic carbocycles. The van der Waals surface area contributed by atoms with E-state index in [1.807, 2.05) is 17.6 Å². The number of alkyl halides is 3. The van der Waals surface area contributed by atoms with E-state index in [2.05, 4.69) is 20.3 Å². The Bertz CT molecular complexity index is 955. The number of rotatable bonds is 4. The molecule has 0 saturated heterocycles. The van der Waals surface area contributed by atoms with Crippen molar-refractivity contribution in [2.75, 3.05) is 6.54 Å². The van der Waals surface area contributed by atoms with Crippen LogP contribution in [-0.4, -0.2) is 43.4 Å². The van der Waals surface area contributed by atoms with E-state index in [0.717, 1.165) is 47.9 Å². The lowest BCUT2D eigenvalue weighted by Crippen LogP contribution is -2.35. The molecule has 3 aromatic rings. The standard InChI is InChI=1S/C17H19F3N6O/c18-17(19,20)8-22-13(27)7-10-1-3-11(4-2-10)14-15-12-5-6-21-16(12)23-9-26(15)25-24-14/h5-6,9-11,21H,1-4,7-8H2,(H,22,27). The van der Waals surface area contributed by atoms with Gasteiger partial charge in [0.25, 0.3) is 0 Å². The van der Waals surface area contributed by atoms with Gasteiger partial charge in [-0.2, -0.15) is 13.2 Å². The summed E-state index contributed by atoms with van der Waals surface area (Å²) in [4.78, 5) is 19.1. The van der Waals surface area contributed by atoms with Crippen LogP contribution in [0.25, 0.3) is 16.6 Å². The van der Waals surface area contributed by atoms with Crippen LogP contribution in [0.3, 0.4) is 0 Å². The molecular weight excluding hydrogens is 361 g/mol. The van der Waals surface area contributed by atoms with Crippen molar-refractivity contribution >= 4 is 22.5 Å². The van der Waals surface area contributed by atoms with Crippen LogP contribution < -0.4 is 5.32 Å². The van der Waals surface area contributed by atoms with E-state index in [4.69, 9.17) is 0 Å². The van der Waals surface area contributed by atoms with E-state index < -0.39 is 18.6 Å². The van der Waals surface area contributed by atoms with Crippen LogP contribution >= 0.6 is 0 Å². The fourth-order valence-electron chi connectivity index (χ4n) is 3.87. The zero-order chi connectivity index (χ0) is 19.0. The van der Waals surface area contributed by atoms with Crippen LogP contribution in [-0.2, 0) is 4.79 Å². The average molecular weight is 380 g/mol. The highest BCUT2D eigenvalue weighted by molar-refractivity contribution is 5.92. The Balaban J connectivity index is 1.40. The van der Waals surface area contributed by atoms with Gasteiger partial charge < -0.3 is 10.3 Å². The summed E-state index contributed by atoms with van der Waals surface area (Å²) in [5, 5.41) is 11.4. The lowest BCUT2D eigenvalue weighted by molar-refractivity contribution is -0.139. The summed E-state index contributed by atoms with van der Waals surface area (Å²) in [6, 6.07) is 1.95. The smallest absolute Gasteiger partial charge is 0.347 e. The molecule has 7 nitrogen and oxygen atoms in total. The number of nitrogens with zero attached hydrogens (tertiary/aromatic N) is 4. The minimum atomic E-state index is -4.37. The zero-order valence-corrected chi connectivity index (χ0v) is 14.5. The van der Waals surface area contributed by atoms with Crippen molar-refractivity contribution in [3.05, 3.63) is 24.3 Å². The fraction of sp³-hybridized carbons (Fsp3) is 0.529. The van der Waals surface area contributed by atoms with Crippen molar-refractivity contribution in [1.29, 1.82) is 0 Å².